The number of anilines is 1. The molecule has 1 saturated carbocycles. The Balaban J connectivity index is 1.69. The summed E-state index contributed by atoms with van der Waals surface area (Å²) >= 11 is 0. The maximum atomic E-state index is 12.4. The standard InChI is InChI=1S/C20H26N6O2/c1-4-15(5-2)26-18-12-21-19(10-14(18)11-22-26)25-20(28)24-17-9-7-6-8-16(17)23-13(3)27/h4-5,10-12,16-17H,1,6-9H2,2-3H3,(H,23,27)(H2,21,24,25,28)/b15-5+/t16-,17-/m0/s1. The van der Waals surface area contributed by atoms with Crippen LogP contribution in [0.15, 0.2) is 37.2 Å². The van der Waals surface area contributed by atoms with Gasteiger partial charge in [0.15, 0.2) is 0 Å². The molecule has 2 aromatic rings. The van der Waals surface area contributed by atoms with Crippen molar-refractivity contribution in [2.45, 2.75) is 51.6 Å². The van der Waals surface area contributed by atoms with Gasteiger partial charge in [-0.15, -0.1) is 0 Å². The lowest BCUT2D eigenvalue weighted by molar-refractivity contribution is -0.120. The number of nitrogens with zero attached hydrogens (tertiary/aromatic N) is 3. The minimum Gasteiger partial charge on any atom is -0.352 e. The number of amides is 3. The normalized spacial score (nSPS) is 19.9. The number of fused-ring (bicyclic) bond motifs is 1. The van der Waals surface area contributed by atoms with Gasteiger partial charge in [0.25, 0.3) is 0 Å². The van der Waals surface area contributed by atoms with Gasteiger partial charge >= 0.3 is 6.03 Å². The molecular weight excluding hydrogens is 356 g/mol. The summed E-state index contributed by atoms with van der Waals surface area (Å²) in [6.07, 6.45) is 10.8. The number of hydrogen-bond acceptors (Lipinski definition) is 4. The smallest absolute Gasteiger partial charge is 0.320 e. The van der Waals surface area contributed by atoms with Gasteiger partial charge in [0.2, 0.25) is 5.91 Å². The Bertz CT molecular complexity index is 917. The van der Waals surface area contributed by atoms with Crippen molar-refractivity contribution in [2.75, 3.05) is 5.32 Å². The number of rotatable bonds is 5. The van der Waals surface area contributed by atoms with E-state index in [1.54, 1.807) is 29.2 Å². The van der Waals surface area contributed by atoms with Gasteiger partial charge in [-0.1, -0.05) is 25.5 Å². The van der Waals surface area contributed by atoms with Crippen LogP contribution in [0.4, 0.5) is 10.6 Å². The molecule has 2 atom stereocenters. The lowest BCUT2D eigenvalue weighted by atomic mass is 9.90. The van der Waals surface area contributed by atoms with Crippen molar-refractivity contribution in [2.24, 2.45) is 0 Å². The van der Waals surface area contributed by atoms with Crippen molar-refractivity contribution in [3.63, 3.8) is 0 Å². The van der Waals surface area contributed by atoms with E-state index in [-0.39, 0.29) is 24.0 Å². The summed E-state index contributed by atoms with van der Waals surface area (Å²) in [5.41, 5.74) is 1.69. The minimum absolute atomic E-state index is 0.0381. The molecule has 2 heterocycles. The van der Waals surface area contributed by atoms with Gasteiger partial charge in [-0.05, 0) is 31.9 Å². The Kier molecular flexibility index (Phi) is 6.08. The lowest BCUT2D eigenvalue weighted by Gasteiger charge is -2.32. The summed E-state index contributed by atoms with van der Waals surface area (Å²) in [7, 11) is 0. The van der Waals surface area contributed by atoms with Crippen molar-refractivity contribution in [1.29, 1.82) is 0 Å². The Morgan fingerprint density at radius 3 is 2.57 bits per heavy atom. The minimum atomic E-state index is -0.332. The Morgan fingerprint density at radius 1 is 1.21 bits per heavy atom. The molecule has 3 N–H and O–H groups in total. The Hall–Kier alpha value is -3.16. The molecule has 0 aliphatic heterocycles. The van der Waals surface area contributed by atoms with Crippen molar-refractivity contribution >= 4 is 34.4 Å². The number of carbonyl (C=O) groups excluding carboxylic acids is 2. The summed E-state index contributed by atoms with van der Waals surface area (Å²) in [5.74, 6) is 0.361. The summed E-state index contributed by atoms with van der Waals surface area (Å²) < 4.78 is 1.75. The molecule has 0 unspecified atom stereocenters. The van der Waals surface area contributed by atoms with E-state index < -0.39 is 0 Å². The second-order valence-corrected chi connectivity index (χ2v) is 6.90. The molecule has 0 saturated heterocycles. The number of aromatic nitrogens is 3. The summed E-state index contributed by atoms with van der Waals surface area (Å²) in [5, 5.41) is 13.9. The maximum Gasteiger partial charge on any atom is 0.320 e. The third-order valence-electron chi connectivity index (χ3n) is 4.92. The Morgan fingerprint density at radius 2 is 1.93 bits per heavy atom. The third-order valence-corrected chi connectivity index (χ3v) is 4.92. The van der Waals surface area contributed by atoms with Gasteiger partial charge in [-0.25, -0.2) is 14.5 Å². The monoisotopic (exact) mass is 382 g/mol. The molecule has 0 aromatic carbocycles. The highest BCUT2D eigenvalue weighted by molar-refractivity contribution is 5.91. The first-order chi connectivity index (χ1) is 13.5. The van der Waals surface area contributed by atoms with Crippen molar-refractivity contribution in [1.82, 2.24) is 25.4 Å². The third kappa shape index (κ3) is 4.39. The van der Waals surface area contributed by atoms with Crippen molar-refractivity contribution in [3.05, 3.63) is 37.2 Å². The predicted molar refractivity (Wildman–Crippen MR) is 110 cm³/mol. The van der Waals surface area contributed by atoms with Crippen LogP contribution in [0.3, 0.4) is 0 Å². The van der Waals surface area contributed by atoms with Gasteiger partial charge in [0, 0.05) is 18.4 Å². The van der Waals surface area contributed by atoms with Crippen LogP contribution in [0.2, 0.25) is 0 Å². The molecule has 3 amide bonds. The zero-order chi connectivity index (χ0) is 20.1. The van der Waals surface area contributed by atoms with Crippen LogP contribution in [0.1, 0.15) is 39.5 Å². The average molecular weight is 382 g/mol. The fourth-order valence-corrected chi connectivity index (χ4v) is 3.59. The fraction of sp³-hybridized carbons (Fsp3) is 0.400. The quantitative estimate of drug-likeness (QED) is 0.692. The highest BCUT2D eigenvalue weighted by atomic mass is 16.2. The number of hydrogen-bond donors (Lipinski definition) is 3. The predicted octanol–water partition coefficient (Wildman–Crippen LogP) is 3.05. The molecule has 2 aromatic heterocycles. The SMILES string of the molecule is C=C/C(=C\C)n1ncc2cc(NC(=O)N[C@H]3CCCC[C@@H]3NC(C)=O)ncc21. The number of nitrogens with one attached hydrogen (secondary N) is 3. The molecule has 0 radical (unpaired) electrons. The fourth-order valence-electron chi connectivity index (χ4n) is 3.59. The van der Waals surface area contributed by atoms with Crippen LogP contribution in [-0.2, 0) is 4.79 Å². The molecular formula is C20H26N6O2. The van der Waals surface area contributed by atoms with E-state index >= 15 is 0 Å². The molecule has 1 aliphatic rings. The van der Waals surface area contributed by atoms with E-state index in [1.807, 2.05) is 13.0 Å². The Labute approximate surface area is 164 Å². The largest absolute Gasteiger partial charge is 0.352 e. The first kappa shape index (κ1) is 19.6. The van der Waals surface area contributed by atoms with Gasteiger partial charge in [-0.3, -0.25) is 10.1 Å². The molecule has 8 nitrogen and oxygen atoms in total. The highest BCUT2D eigenvalue weighted by Crippen LogP contribution is 2.21. The van der Waals surface area contributed by atoms with Gasteiger partial charge in [-0.2, -0.15) is 5.10 Å². The van der Waals surface area contributed by atoms with E-state index in [2.05, 4.69) is 32.6 Å². The second-order valence-electron chi connectivity index (χ2n) is 6.90. The number of urea groups is 1. The summed E-state index contributed by atoms with van der Waals surface area (Å²) in [4.78, 5) is 28.1. The highest BCUT2D eigenvalue weighted by Gasteiger charge is 2.27. The van der Waals surface area contributed by atoms with E-state index in [9.17, 15) is 9.59 Å². The van der Waals surface area contributed by atoms with Crippen LogP contribution in [0.25, 0.3) is 16.6 Å². The molecule has 1 fully saturated rings. The first-order valence-electron chi connectivity index (χ1n) is 9.49. The van der Waals surface area contributed by atoms with E-state index in [4.69, 9.17) is 0 Å². The van der Waals surface area contributed by atoms with Gasteiger partial charge < -0.3 is 10.6 Å². The maximum absolute atomic E-state index is 12.4. The molecule has 28 heavy (non-hydrogen) atoms. The van der Waals surface area contributed by atoms with Gasteiger partial charge in [0.1, 0.15) is 5.82 Å². The first-order valence-corrected chi connectivity index (χ1v) is 9.49. The molecule has 0 bridgehead atoms. The van der Waals surface area contributed by atoms with Crippen molar-refractivity contribution < 1.29 is 9.59 Å². The van der Waals surface area contributed by atoms with E-state index in [0.29, 0.717) is 5.82 Å². The van der Waals surface area contributed by atoms with Crippen LogP contribution < -0.4 is 16.0 Å². The van der Waals surface area contributed by atoms with Crippen LogP contribution in [-0.4, -0.2) is 38.8 Å². The second kappa shape index (κ2) is 8.69. The molecule has 3 rings (SSSR count). The summed E-state index contributed by atoms with van der Waals surface area (Å²) in [6.45, 7) is 7.20. The molecule has 148 valence electrons. The molecule has 0 spiro atoms. The van der Waals surface area contributed by atoms with Crippen LogP contribution >= 0.6 is 0 Å². The van der Waals surface area contributed by atoms with Crippen molar-refractivity contribution in [3.8, 4) is 0 Å². The number of pyridine rings is 1. The topological polar surface area (TPSA) is 101 Å². The molecule has 1 aliphatic carbocycles. The van der Waals surface area contributed by atoms with Crippen LogP contribution in [0.5, 0.6) is 0 Å². The van der Waals surface area contributed by atoms with Crippen LogP contribution in [0, 0.1) is 0 Å². The van der Waals surface area contributed by atoms with Gasteiger partial charge in [0.05, 0.1) is 29.6 Å². The number of allylic oxidation sites excluding steroid dienone is 3. The number of carbonyl (C=O) groups is 2. The van der Waals surface area contributed by atoms with E-state index in [0.717, 1.165) is 42.3 Å². The lowest BCUT2D eigenvalue weighted by Crippen LogP contribution is -2.53. The summed E-state index contributed by atoms with van der Waals surface area (Å²) in [6, 6.07) is 1.32. The van der Waals surface area contributed by atoms with E-state index in [1.165, 1.54) is 6.92 Å². The zero-order valence-corrected chi connectivity index (χ0v) is 16.2. The molecule has 8 heteroatoms. The zero-order valence-electron chi connectivity index (χ0n) is 16.2. The average Bonchev–Trinajstić information content (AvgIpc) is 3.07.